The molecule has 0 aliphatic carbocycles. The number of likely N-dealkylation sites (N-methyl/N-ethyl adjacent to an activating group) is 1. The van der Waals surface area contributed by atoms with Crippen molar-refractivity contribution in [3.8, 4) is 0 Å². The average molecular weight is 97.2 g/mol. The highest BCUT2D eigenvalue weighted by molar-refractivity contribution is 4.97. The fraction of sp³-hybridized carbons (Fsp3) is 0.333. The van der Waals surface area contributed by atoms with Crippen molar-refractivity contribution in [1.29, 1.82) is 0 Å². The Balaban J connectivity index is 2.92. The summed E-state index contributed by atoms with van der Waals surface area (Å²) in [5.41, 5.74) is 0. The van der Waals surface area contributed by atoms with Crippen LogP contribution < -0.4 is 5.32 Å². The minimum Gasteiger partial charge on any atom is -0.316 e. The normalized spacial score (nSPS) is 9.86. The molecule has 0 aromatic carbocycles. The fourth-order valence-electron chi connectivity index (χ4n) is 0.282. The van der Waals surface area contributed by atoms with Crippen molar-refractivity contribution < 1.29 is 0 Å². The summed E-state index contributed by atoms with van der Waals surface area (Å²) in [5, 5.41) is 2.97. The lowest BCUT2D eigenvalue weighted by Crippen LogP contribution is -2.03. The van der Waals surface area contributed by atoms with Crippen LogP contribution in [-0.2, 0) is 0 Å². The van der Waals surface area contributed by atoms with E-state index in [0.717, 1.165) is 6.54 Å². The molecule has 0 fully saturated rings. The molecule has 1 nitrogen and oxygen atoms in total. The van der Waals surface area contributed by atoms with Gasteiger partial charge in [0.2, 0.25) is 0 Å². The summed E-state index contributed by atoms with van der Waals surface area (Å²) in [6.07, 6.45) is 5.68. The van der Waals surface area contributed by atoms with Crippen LogP contribution in [0.4, 0.5) is 0 Å². The minimum atomic E-state index is 0.923. The Kier molecular flexibility index (Phi) is 5.00. The molecule has 0 saturated carbocycles. The molecule has 0 aromatic rings. The molecule has 0 bridgehead atoms. The molecule has 40 valence electrons. The zero-order chi connectivity index (χ0) is 5.54. The molecule has 0 aliphatic rings. The molecule has 0 amide bonds. The Morgan fingerprint density at radius 3 is 2.86 bits per heavy atom. The van der Waals surface area contributed by atoms with Crippen LogP contribution in [0, 0.1) is 0 Å². The van der Waals surface area contributed by atoms with Crippen LogP contribution in [0.25, 0.3) is 0 Å². The standard InChI is InChI=1S/C6H11N/c1-3-4-5-6-7-2/h3-5,7H,1,6H2,2H3/b5-4-. The second-order valence-electron chi connectivity index (χ2n) is 1.22. The van der Waals surface area contributed by atoms with E-state index in [-0.39, 0.29) is 0 Å². The lowest BCUT2D eigenvalue weighted by Gasteiger charge is -1.82. The topological polar surface area (TPSA) is 12.0 Å². The highest BCUT2D eigenvalue weighted by atomic mass is 14.8. The Hall–Kier alpha value is -0.560. The minimum absolute atomic E-state index is 0.923. The van der Waals surface area contributed by atoms with Gasteiger partial charge >= 0.3 is 0 Å². The average Bonchev–Trinajstić information content (AvgIpc) is 1.69. The van der Waals surface area contributed by atoms with E-state index in [1.807, 2.05) is 19.2 Å². The Morgan fingerprint density at radius 2 is 2.43 bits per heavy atom. The van der Waals surface area contributed by atoms with Crippen molar-refractivity contribution in [2.24, 2.45) is 0 Å². The third kappa shape index (κ3) is 5.44. The van der Waals surface area contributed by atoms with Crippen LogP contribution in [-0.4, -0.2) is 13.6 Å². The number of hydrogen-bond donors (Lipinski definition) is 1. The van der Waals surface area contributed by atoms with E-state index in [0.29, 0.717) is 0 Å². The van der Waals surface area contributed by atoms with Gasteiger partial charge in [-0.25, -0.2) is 0 Å². The molecule has 0 heterocycles. The lowest BCUT2D eigenvalue weighted by molar-refractivity contribution is 0.920. The van der Waals surface area contributed by atoms with E-state index in [9.17, 15) is 0 Å². The molecular weight excluding hydrogens is 86.1 g/mol. The quantitative estimate of drug-likeness (QED) is 0.517. The van der Waals surface area contributed by atoms with E-state index in [1.165, 1.54) is 0 Å². The summed E-state index contributed by atoms with van der Waals surface area (Å²) in [6.45, 7) is 4.44. The largest absolute Gasteiger partial charge is 0.316 e. The summed E-state index contributed by atoms with van der Waals surface area (Å²) in [6, 6.07) is 0. The number of rotatable bonds is 3. The molecule has 0 atom stereocenters. The van der Waals surface area contributed by atoms with Crippen LogP contribution in [0.2, 0.25) is 0 Å². The molecule has 7 heavy (non-hydrogen) atoms. The van der Waals surface area contributed by atoms with Gasteiger partial charge in [0.05, 0.1) is 0 Å². The molecule has 0 saturated heterocycles. The highest BCUT2D eigenvalue weighted by Crippen LogP contribution is 1.67. The molecule has 0 aromatic heterocycles. The molecule has 0 rings (SSSR count). The Bertz CT molecular complexity index is 64.6. The van der Waals surface area contributed by atoms with Crippen LogP contribution in [0.1, 0.15) is 0 Å². The smallest absolute Gasteiger partial charge is 0.0134 e. The molecule has 0 radical (unpaired) electrons. The van der Waals surface area contributed by atoms with Crippen LogP contribution in [0.5, 0.6) is 0 Å². The third-order valence-electron chi connectivity index (χ3n) is 0.594. The monoisotopic (exact) mass is 97.1 g/mol. The maximum atomic E-state index is 3.52. The SMILES string of the molecule is C=C/C=C\CNC. The first-order valence-electron chi connectivity index (χ1n) is 2.34. The van der Waals surface area contributed by atoms with Gasteiger partial charge in [-0.3, -0.25) is 0 Å². The number of hydrogen-bond acceptors (Lipinski definition) is 1. The molecule has 0 aliphatic heterocycles. The molecule has 1 N–H and O–H groups in total. The van der Waals surface area contributed by atoms with Crippen molar-refractivity contribution in [2.75, 3.05) is 13.6 Å². The highest BCUT2D eigenvalue weighted by Gasteiger charge is 1.62. The van der Waals surface area contributed by atoms with E-state index in [1.54, 1.807) is 6.08 Å². The van der Waals surface area contributed by atoms with Gasteiger partial charge in [0, 0.05) is 6.54 Å². The van der Waals surface area contributed by atoms with Crippen molar-refractivity contribution in [3.63, 3.8) is 0 Å². The van der Waals surface area contributed by atoms with Crippen LogP contribution in [0.3, 0.4) is 0 Å². The summed E-state index contributed by atoms with van der Waals surface area (Å²) in [4.78, 5) is 0. The number of nitrogens with one attached hydrogen (secondary N) is 1. The van der Waals surface area contributed by atoms with Gasteiger partial charge in [0.25, 0.3) is 0 Å². The van der Waals surface area contributed by atoms with Crippen molar-refractivity contribution in [3.05, 3.63) is 24.8 Å². The van der Waals surface area contributed by atoms with Gasteiger partial charge in [-0.05, 0) is 7.05 Å². The van der Waals surface area contributed by atoms with Crippen LogP contribution >= 0.6 is 0 Å². The van der Waals surface area contributed by atoms with Gasteiger partial charge in [-0.2, -0.15) is 0 Å². The molecule has 0 unspecified atom stereocenters. The Morgan fingerprint density at radius 1 is 1.71 bits per heavy atom. The molecule has 0 spiro atoms. The fourth-order valence-corrected chi connectivity index (χ4v) is 0.282. The van der Waals surface area contributed by atoms with Crippen LogP contribution in [0.15, 0.2) is 24.8 Å². The van der Waals surface area contributed by atoms with Gasteiger partial charge in [0.15, 0.2) is 0 Å². The summed E-state index contributed by atoms with van der Waals surface area (Å²) in [7, 11) is 1.91. The van der Waals surface area contributed by atoms with Crippen molar-refractivity contribution >= 4 is 0 Å². The second kappa shape index (κ2) is 5.44. The second-order valence-corrected chi connectivity index (χ2v) is 1.22. The summed E-state index contributed by atoms with van der Waals surface area (Å²) in [5.74, 6) is 0. The lowest BCUT2D eigenvalue weighted by atomic mass is 10.5. The van der Waals surface area contributed by atoms with Gasteiger partial charge < -0.3 is 5.32 Å². The first-order valence-corrected chi connectivity index (χ1v) is 2.34. The zero-order valence-electron chi connectivity index (χ0n) is 4.65. The van der Waals surface area contributed by atoms with Gasteiger partial charge in [0.1, 0.15) is 0 Å². The van der Waals surface area contributed by atoms with Gasteiger partial charge in [-0.15, -0.1) is 0 Å². The van der Waals surface area contributed by atoms with E-state index in [2.05, 4.69) is 11.9 Å². The van der Waals surface area contributed by atoms with E-state index >= 15 is 0 Å². The third-order valence-corrected chi connectivity index (χ3v) is 0.594. The zero-order valence-corrected chi connectivity index (χ0v) is 4.65. The predicted octanol–water partition coefficient (Wildman–Crippen LogP) is 0.948. The molecular formula is C6H11N. The van der Waals surface area contributed by atoms with Gasteiger partial charge in [-0.1, -0.05) is 24.8 Å². The first-order chi connectivity index (χ1) is 3.41. The van der Waals surface area contributed by atoms with E-state index < -0.39 is 0 Å². The van der Waals surface area contributed by atoms with Crippen molar-refractivity contribution in [2.45, 2.75) is 0 Å². The first kappa shape index (κ1) is 6.44. The Labute approximate surface area is 44.7 Å². The predicted molar refractivity (Wildman–Crippen MR) is 33.3 cm³/mol. The van der Waals surface area contributed by atoms with E-state index in [4.69, 9.17) is 0 Å². The maximum Gasteiger partial charge on any atom is 0.0134 e. The summed E-state index contributed by atoms with van der Waals surface area (Å²) >= 11 is 0. The maximum absolute atomic E-state index is 3.52. The summed E-state index contributed by atoms with van der Waals surface area (Å²) < 4.78 is 0. The van der Waals surface area contributed by atoms with Crippen molar-refractivity contribution in [1.82, 2.24) is 5.32 Å². The molecule has 1 heteroatoms. The number of allylic oxidation sites excluding steroid dienone is 2.